The molecule has 0 bridgehead atoms. The van der Waals surface area contributed by atoms with Crippen molar-refractivity contribution in [2.45, 2.75) is 17.3 Å². The zero-order valence-electron chi connectivity index (χ0n) is 11.9. The number of hydrogen-bond acceptors (Lipinski definition) is 5. The van der Waals surface area contributed by atoms with Gasteiger partial charge in [-0.15, -0.1) is 5.10 Å². The topological polar surface area (TPSA) is 72.2 Å². The van der Waals surface area contributed by atoms with Crippen molar-refractivity contribution in [1.29, 1.82) is 0 Å². The predicted molar refractivity (Wildman–Crippen MR) is 91.2 cm³/mol. The number of nitrogens with zero attached hydrogens (tertiary/aromatic N) is 4. The van der Waals surface area contributed by atoms with E-state index in [9.17, 15) is 4.79 Å². The number of fused-ring (bicyclic) bond motifs is 1. The summed E-state index contributed by atoms with van der Waals surface area (Å²) in [7, 11) is 0. The molecule has 1 atom stereocenters. The molecule has 0 fully saturated rings. The molecule has 3 aromatic rings. The molecule has 6 nitrogen and oxygen atoms in total. The van der Waals surface area contributed by atoms with Crippen LogP contribution in [0.25, 0.3) is 5.78 Å². The number of hydrogen-bond donors (Lipinski definition) is 1. The smallest absolute Gasteiger partial charge is 0.253 e. The molecule has 2 aromatic heterocycles. The summed E-state index contributed by atoms with van der Waals surface area (Å²) in [6.07, 6.45) is 3.38. The summed E-state index contributed by atoms with van der Waals surface area (Å²) in [6, 6.07) is 6.66. The number of halogens is 2. The second-order valence-corrected chi connectivity index (χ2v) is 6.78. The number of aromatic nitrogens is 4. The van der Waals surface area contributed by atoms with Crippen molar-refractivity contribution in [3.63, 3.8) is 0 Å². The Balaban J connectivity index is 1.69. The van der Waals surface area contributed by atoms with Crippen LogP contribution in [0.1, 0.15) is 6.92 Å². The van der Waals surface area contributed by atoms with Crippen LogP contribution >= 0.6 is 35.0 Å². The third-order valence-electron chi connectivity index (χ3n) is 2.94. The van der Waals surface area contributed by atoms with Gasteiger partial charge in [0.15, 0.2) is 0 Å². The maximum atomic E-state index is 12.3. The molecular weight excluding hydrogens is 357 g/mol. The molecule has 0 aliphatic carbocycles. The second kappa shape index (κ2) is 6.74. The minimum Gasteiger partial charge on any atom is -0.324 e. The maximum absolute atomic E-state index is 12.3. The van der Waals surface area contributed by atoms with Gasteiger partial charge in [-0.2, -0.15) is 4.98 Å². The van der Waals surface area contributed by atoms with Gasteiger partial charge in [-0.25, -0.2) is 9.50 Å². The van der Waals surface area contributed by atoms with Gasteiger partial charge < -0.3 is 5.32 Å². The number of anilines is 1. The molecule has 3 rings (SSSR count). The molecule has 0 unspecified atom stereocenters. The van der Waals surface area contributed by atoms with Crippen LogP contribution in [0.5, 0.6) is 0 Å². The lowest BCUT2D eigenvalue weighted by atomic mass is 10.3. The summed E-state index contributed by atoms with van der Waals surface area (Å²) in [5.41, 5.74) is 0.512. The monoisotopic (exact) mass is 367 g/mol. The summed E-state index contributed by atoms with van der Waals surface area (Å²) in [5.74, 6) is 0.286. The van der Waals surface area contributed by atoms with E-state index in [0.29, 0.717) is 26.7 Å². The summed E-state index contributed by atoms with van der Waals surface area (Å²) in [4.78, 5) is 20.6. The number of carbonyl (C=O) groups is 1. The molecular formula is C14H11Cl2N5OS. The van der Waals surface area contributed by atoms with E-state index in [-0.39, 0.29) is 5.91 Å². The summed E-state index contributed by atoms with van der Waals surface area (Å²) >= 11 is 13.1. The standard InChI is InChI=1S/C14H11Cl2N5OS/c1-8(12(22)18-11-4-3-9(15)7-10(11)16)23-14-19-13-17-5-2-6-21(13)20-14/h2-8H,1H3,(H,18,22)/t8-/m0/s1. The minimum atomic E-state index is -0.404. The van der Waals surface area contributed by atoms with E-state index in [0.717, 1.165) is 0 Å². The Kier molecular flexibility index (Phi) is 4.70. The Morgan fingerprint density at radius 1 is 1.39 bits per heavy atom. The van der Waals surface area contributed by atoms with E-state index >= 15 is 0 Å². The van der Waals surface area contributed by atoms with Gasteiger partial charge in [0.05, 0.1) is 16.0 Å². The highest BCUT2D eigenvalue weighted by Gasteiger charge is 2.18. The van der Waals surface area contributed by atoms with Crippen molar-refractivity contribution >= 4 is 52.3 Å². The molecule has 0 aliphatic heterocycles. The molecule has 1 N–H and O–H groups in total. The van der Waals surface area contributed by atoms with Gasteiger partial charge in [-0.1, -0.05) is 35.0 Å². The molecule has 1 aromatic carbocycles. The third-order valence-corrected chi connectivity index (χ3v) is 4.44. The summed E-state index contributed by atoms with van der Waals surface area (Å²) in [6.45, 7) is 1.77. The molecule has 9 heteroatoms. The molecule has 0 radical (unpaired) electrons. The number of rotatable bonds is 4. The van der Waals surface area contributed by atoms with Gasteiger partial charge in [0.25, 0.3) is 5.78 Å². The average molecular weight is 368 g/mol. The number of benzene rings is 1. The number of carbonyl (C=O) groups excluding carboxylic acids is 1. The van der Waals surface area contributed by atoms with Crippen LogP contribution < -0.4 is 5.32 Å². The molecule has 0 spiro atoms. The molecule has 0 aliphatic rings. The Bertz CT molecular complexity index is 836. The first-order valence-corrected chi connectivity index (χ1v) is 8.26. The van der Waals surface area contributed by atoms with Gasteiger partial charge >= 0.3 is 0 Å². The fraction of sp³-hybridized carbons (Fsp3) is 0.143. The van der Waals surface area contributed by atoms with Crippen molar-refractivity contribution in [3.05, 3.63) is 46.7 Å². The molecule has 2 heterocycles. The van der Waals surface area contributed by atoms with Crippen LogP contribution in [-0.2, 0) is 4.79 Å². The minimum absolute atomic E-state index is 0.203. The lowest BCUT2D eigenvalue weighted by Crippen LogP contribution is -2.22. The van der Waals surface area contributed by atoms with Gasteiger partial charge in [0.1, 0.15) is 0 Å². The van der Waals surface area contributed by atoms with E-state index in [1.165, 1.54) is 11.8 Å². The molecule has 1 amide bonds. The van der Waals surface area contributed by atoms with Crippen LogP contribution in [0, 0.1) is 0 Å². The van der Waals surface area contributed by atoms with E-state index in [1.54, 1.807) is 48.1 Å². The van der Waals surface area contributed by atoms with Gasteiger partial charge in [-0.05, 0) is 31.2 Å². The molecule has 23 heavy (non-hydrogen) atoms. The quantitative estimate of drug-likeness (QED) is 0.713. The van der Waals surface area contributed by atoms with Gasteiger partial charge in [-0.3, -0.25) is 4.79 Å². The summed E-state index contributed by atoms with van der Waals surface area (Å²) < 4.78 is 1.56. The summed E-state index contributed by atoms with van der Waals surface area (Å²) in [5, 5.41) is 7.99. The van der Waals surface area contributed by atoms with Crippen molar-refractivity contribution in [1.82, 2.24) is 19.6 Å². The first kappa shape index (κ1) is 16.0. The average Bonchev–Trinajstić information content (AvgIpc) is 2.92. The number of thioether (sulfide) groups is 1. The molecule has 118 valence electrons. The Labute approximate surface area is 146 Å². The Morgan fingerprint density at radius 2 is 2.22 bits per heavy atom. The molecule has 0 saturated heterocycles. The first-order chi connectivity index (χ1) is 11.0. The fourth-order valence-electron chi connectivity index (χ4n) is 1.80. The van der Waals surface area contributed by atoms with Crippen LogP contribution in [-0.4, -0.2) is 30.7 Å². The number of amides is 1. The SMILES string of the molecule is C[C@H](Sc1nc2ncccn2n1)C(=O)Nc1ccc(Cl)cc1Cl. The van der Waals surface area contributed by atoms with E-state index < -0.39 is 5.25 Å². The predicted octanol–water partition coefficient (Wildman–Crippen LogP) is 3.55. The molecule has 0 saturated carbocycles. The van der Waals surface area contributed by atoms with Gasteiger partial charge in [0, 0.05) is 17.4 Å². The highest BCUT2D eigenvalue weighted by Crippen LogP contribution is 2.27. The second-order valence-electron chi connectivity index (χ2n) is 4.63. The number of nitrogens with one attached hydrogen (secondary N) is 1. The largest absolute Gasteiger partial charge is 0.324 e. The maximum Gasteiger partial charge on any atom is 0.253 e. The highest BCUT2D eigenvalue weighted by molar-refractivity contribution is 8.00. The Hall–Kier alpha value is -1.83. The highest BCUT2D eigenvalue weighted by atomic mass is 35.5. The zero-order valence-corrected chi connectivity index (χ0v) is 14.2. The lowest BCUT2D eigenvalue weighted by molar-refractivity contribution is -0.115. The van der Waals surface area contributed by atoms with Crippen molar-refractivity contribution in [2.75, 3.05) is 5.32 Å². The van der Waals surface area contributed by atoms with E-state index in [2.05, 4.69) is 20.4 Å². The van der Waals surface area contributed by atoms with Crippen LogP contribution in [0.2, 0.25) is 10.0 Å². The van der Waals surface area contributed by atoms with Crippen LogP contribution in [0.15, 0.2) is 41.8 Å². The normalized spacial score (nSPS) is 12.3. The lowest BCUT2D eigenvalue weighted by Gasteiger charge is -2.11. The van der Waals surface area contributed by atoms with Crippen LogP contribution in [0.4, 0.5) is 5.69 Å². The van der Waals surface area contributed by atoms with Crippen molar-refractivity contribution < 1.29 is 4.79 Å². The fourth-order valence-corrected chi connectivity index (χ4v) is 3.01. The van der Waals surface area contributed by atoms with Crippen molar-refractivity contribution in [3.8, 4) is 0 Å². The third kappa shape index (κ3) is 3.74. The zero-order chi connectivity index (χ0) is 16.4. The van der Waals surface area contributed by atoms with Gasteiger partial charge in [0.2, 0.25) is 11.1 Å². The van der Waals surface area contributed by atoms with Crippen LogP contribution in [0.3, 0.4) is 0 Å². The first-order valence-electron chi connectivity index (χ1n) is 6.63. The Morgan fingerprint density at radius 3 is 2.96 bits per heavy atom. The van der Waals surface area contributed by atoms with E-state index in [1.807, 2.05) is 0 Å². The van der Waals surface area contributed by atoms with Crippen molar-refractivity contribution in [2.24, 2.45) is 0 Å². The van der Waals surface area contributed by atoms with E-state index in [4.69, 9.17) is 23.2 Å².